The molecule has 0 amide bonds. The molecule has 0 saturated carbocycles. The van der Waals surface area contributed by atoms with Crippen molar-refractivity contribution in [3.05, 3.63) is 63.4 Å². The molecule has 0 saturated heterocycles. The van der Waals surface area contributed by atoms with Crippen LogP contribution in [0.4, 0.5) is 4.39 Å². The summed E-state index contributed by atoms with van der Waals surface area (Å²) >= 11 is 3.42. The van der Waals surface area contributed by atoms with E-state index in [1.54, 1.807) is 6.07 Å². The third-order valence-corrected chi connectivity index (χ3v) is 3.25. The van der Waals surface area contributed by atoms with Crippen molar-refractivity contribution >= 4 is 15.9 Å². The van der Waals surface area contributed by atoms with Crippen LogP contribution in [0.3, 0.4) is 0 Å². The topological polar surface area (TPSA) is 33.0 Å². The molecule has 96 valence electrons. The lowest BCUT2D eigenvalue weighted by molar-refractivity contribution is 0.304. The summed E-state index contributed by atoms with van der Waals surface area (Å²) in [4.78, 5) is 0. The number of nitriles is 1. The molecule has 19 heavy (non-hydrogen) atoms. The summed E-state index contributed by atoms with van der Waals surface area (Å²) in [5.41, 5.74) is 1.92. The highest BCUT2D eigenvalue weighted by molar-refractivity contribution is 9.10. The van der Waals surface area contributed by atoms with E-state index in [1.165, 1.54) is 12.1 Å². The van der Waals surface area contributed by atoms with E-state index in [2.05, 4.69) is 15.9 Å². The summed E-state index contributed by atoms with van der Waals surface area (Å²) in [6, 6.07) is 12.0. The molecule has 0 aromatic heterocycles. The summed E-state index contributed by atoms with van der Waals surface area (Å²) in [5.74, 6) is 0.205. The first kappa shape index (κ1) is 13.6. The second-order valence-electron chi connectivity index (χ2n) is 4.15. The maximum Gasteiger partial charge on any atom is 0.140 e. The molecule has 4 heteroatoms. The molecule has 2 aromatic rings. The zero-order valence-corrected chi connectivity index (χ0v) is 11.9. The van der Waals surface area contributed by atoms with Crippen LogP contribution in [0.2, 0.25) is 0 Å². The summed E-state index contributed by atoms with van der Waals surface area (Å²) in [5, 5.41) is 8.76. The van der Waals surface area contributed by atoms with E-state index in [0.29, 0.717) is 5.75 Å². The predicted molar refractivity (Wildman–Crippen MR) is 74.3 cm³/mol. The van der Waals surface area contributed by atoms with Gasteiger partial charge in [-0.25, -0.2) is 4.39 Å². The molecule has 0 spiro atoms. The summed E-state index contributed by atoms with van der Waals surface area (Å²) in [6.45, 7) is 2.28. The van der Waals surface area contributed by atoms with Crippen molar-refractivity contribution in [2.45, 2.75) is 13.5 Å². The summed E-state index contributed by atoms with van der Waals surface area (Å²) < 4.78 is 19.7. The average molecular weight is 320 g/mol. The van der Waals surface area contributed by atoms with Gasteiger partial charge in [0.25, 0.3) is 0 Å². The largest absolute Gasteiger partial charge is 0.488 e. The smallest absolute Gasteiger partial charge is 0.140 e. The van der Waals surface area contributed by atoms with Crippen LogP contribution in [-0.4, -0.2) is 0 Å². The van der Waals surface area contributed by atoms with E-state index in [0.717, 1.165) is 15.6 Å². The molecule has 0 aliphatic carbocycles. The number of aryl methyl sites for hydroxylation is 1. The van der Waals surface area contributed by atoms with Gasteiger partial charge >= 0.3 is 0 Å². The molecule has 0 atom stereocenters. The van der Waals surface area contributed by atoms with Gasteiger partial charge in [-0.3, -0.25) is 0 Å². The highest BCUT2D eigenvalue weighted by Crippen LogP contribution is 2.26. The maximum absolute atomic E-state index is 13.2. The van der Waals surface area contributed by atoms with Gasteiger partial charge in [-0.2, -0.15) is 5.26 Å². The third-order valence-electron chi connectivity index (χ3n) is 2.63. The molecule has 0 unspecified atom stereocenters. The number of nitrogens with zero attached hydrogens (tertiary/aromatic N) is 1. The molecule has 0 radical (unpaired) electrons. The Bertz CT molecular complexity index is 649. The minimum Gasteiger partial charge on any atom is -0.488 e. The fourth-order valence-electron chi connectivity index (χ4n) is 1.63. The monoisotopic (exact) mass is 319 g/mol. The van der Waals surface area contributed by atoms with Gasteiger partial charge in [0.1, 0.15) is 24.2 Å². The Morgan fingerprint density at radius 1 is 1.26 bits per heavy atom. The number of hydrogen-bond donors (Lipinski definition) is 0. The molecule has 0 bridgehead atoms. The minimum absolute atomic E-state index is 0.0315. The SMILES string of the molecule is Cc1ccc(OCc2ccc(F)c(C#N)c2)c(Br)c1. The van der Waals surface area contributed by atoms with Crippen LogP contribution >= 0.6 is 15.9 Å². The van der Waals surface area contributed by atoms with Crippen molar-refractivity contribution in [2.24, 2.45) is 0 Å². The van der Waals surface area contributed by atoms with Gasteiger partial charge in [0.2, 0.25) is 0 Å². The van der Waals surface area contributed by atoms with E-state index in [1.807, 2.05) is 31.2 Å². The fraction of sp³-hybridized carbons (Fsp3) is 0.133. The van der Waals surface area contributed by atoms with E-state index in [-0.39, 0.29) is 12.2 Å². The van der Waals surface area contributed by atoms with Crippen LogP contribution in [0.5, 0.6) is 5.75 Å². The lowest BCUT2D eigenvalue weighted by Gasteiger charge is -2.09. The zero-order chi connectivity index (χ0) is 13.8. The number of ether oxygens (including phenoxy) is 1. The lowest BCUT2D eigenvalue weighted by atomic mass is 10.1. The Balaban J connectivity index is 2.13. The first-order valence-corrected chi connectivity index (χ1v) is 6.47. The lowest BCUT2D eigenvalue weighted by Crippen LogP contribution is -1.97. The van der Waals surface area contributed by atoms with Crippen LogP contribution in [-0.2, 0) is 6.61 Å². The molecule has 2 rings (SSSR count). The Morgan fingerprint density at radius 2 is 2.05 bits per heavy atom. The standard InChI is InChI=1S/C15H11BrFNO/c1-10-2-5-15(13(16)6-10)19-9-11-3-4-14(17)12(7-11)8-18/h2-7H,9H2,1H3. The van der Waals surface area contributed by atoms with Crippen molar-refractivity contribution < 1.29 is 9.13 Å². The van der Waals surface area contributed by atoms with Gasteiger partial charge in [-0.15, -0.1) is 0 Å². The van der Waals surface area contributed by atoms with Crippen LogP contribution in [0, 0.1) is 24.1 Å². The minimum atomic E-state index is -0.511. The first-order chi connectivity index (χ1) is 9.10. The predicted octanol–water partition coefficient (Wildman–Crippen LogP) is 4.35. The van der Waals surface area contributed by atoms with Gasteiger partial charge in [0, 0.05) is 0 Å². The zero-order valence-electron chi connectivity index (χ0n) is 10.3. The second-order valence-corrected chi connectivity index (χ2v) is 5.00. The molecule has 2 aromatic carbocycles. The van der Waals surface area contributed by atoms with Crippen molar-refractivity contribution in [3.63, 3.8) is 0 Å². The molecule has 0 aliphatic rings. The molecule has 0 heterocycles. The van der Waals surface area contributed by atoms with Crippen LogP contribution < -0.4 is 4.74 Å². The second kappa shape index (κ2) is 5.85. The quantitative estimate of drug-likeness (QED) is 0.842. The van der Waals surface area contributed by atoms with Crippen molar-refractivity contribution in [1.82, 2.24) is 0 Å². The first-order valence-electron chi connectivity index (χ1n) is 5.67. The van der Waals surface area contributed by atoms with Crippen LogP contribution in [0.15, 0.2) is 40.9 Å². The van der Waals surface area contributed by atoms with Crippen LogP contribution in [0.25, 0.3) is 0 Å². The van der Waals surface area contributed by atoms with E-state index in [9.17, 15) is 4.39 Å². The van der Waals surface area contributed by atoms with E-state index < -0.39 is 5.82 Å². The van der Waals surface area contributed by atoms with E-state index in [4.69, 9.17) is 10.00 Å². The Labute approximate surface area is 119 Å². The average Bonchev–Trinajstić information content (AvgIpc) is 2.39. The fourth-order valence-corrected chi connectivity index (χ4v) is 2.24. The van der Waals surface area contributed by atoms with Gasteiger partial charge < -0.3 is 4.74 Å². The summed E-state index contributed by atoms with van der Waals surface area (Å²) in [7, 11) is 0. The normalized spacial score (nSPS) is 10.0. The number of benzene rings is 2. The number of rotatable bonds is 3. The molecule has 0 fully saturated rings. The van der Waals surface area contributed by atoms with Crippen molar-refractivity contribution in [3.8, 4) is 11.8 Å². The molecule has 2 nitrogen and oxygen atoms in total. The van der Waals surface area contributed by atoms with E-state index >= 15 is 0 Å². The molecular weight excluding hydrogens is 309 g/mol. The summed E-state index contributed by atoms with van der Waals surface area (Å²) in [6.07, 6.45) is 0. The number of halogens is 2. The Hall–Kier alpha value is -1.86. The van der Waals surface area contributed by atoms with Gasteiger partial charge in [-0.1, -0.05) is 12.1 Å². The highest BCUT2D eigenvalue weighted by atomic mass is 79.9. The Morgan fingerprint density at radius 3 is 2.74 bits per heavy atom. The van der Waals surface area contributed by atoms with Crippen LogP contribution in [0.1, 0.15) is 16.7 Å². The maximum atomic E-state index is 13.2. The Kier molecular flexibility index (Phi) is 4.18. The van der Waals surface area contributed by atoms with Gasteiger partial charge in [0.15, 0.2) is 0 Å². The third kappa shape index (κ3) is 3.33. The van der Waals surface area contributed by atoms with Crippen molar-refractivity contribution in [2.75, 3.05) is 0 Å². The highest BCUT2D eigenvalue weighted by Gasteiger charge is 2.05. The van der Waals surface area contributed by atoms with Crippen molar-refractivity contribution in [1.29, 1.82) is 5.26 Å². The molecule has 0 N–H and O–H groups in total. The van der Waals surface area contributed by atoms with Gasteiger partial charge in [0.05, 0.1) is 10.0 Å². The molecular formula is C15H11BrFNO. The molecule has 0 aliphatic heterocycles. The number of hydrogen-bond acceptors (Lipinski definition) is 2. The van der Waals surface area contributed by atoms with Gasteiger partial charge in [-0.05, 0) is 58.2 Å².